The highest BCUT2D eigenvalue weighted by atomic mass is 16.4. The van der Waals surface area contributed by atoms with Crippen LogP contribution in [0.1, 0.15) is 91.4 Å². The van der Waals surface area contributed by atoms with Crippen molar-refractivity contribution < 1.29 is 14.7 Å². The number of hydrogen-bond acceptors (Lipinski definition) is 2. The molecular weight excluding hydrogens is 336 g/mol. The lowest BCUT2D eigenvalue weighted by Gasteiger charge is -2.60. The molecule has 4 rings (SSSR count). The average Bonchev–Trinajstić information content (AvgIpc) is 2.99. The van der Waals surface area contributed by atoms with Crippen LogP contribution in [0.15, 0.2) is 0 Å². The summed E-state index contributed by atoms with van der Waals surface area (Å²) in [6.07, 6.45) is 12.2. The first-order valence-corrected chi connectivity index (χ1v) is 11.5. The van der Waals surface area contributed by atoms with Crippen LogP contribution in [0.25, 0.3) is 0 Å². The van der Waals surface area contributed by atoms with Crippen LogP contribution < -0.4 is 0 Å². The lowest BCUT2D eigenvalue weighted by atomic mass is 9.44. The molecule has 0 spiro atoms. The van der Waals surface area contributed by atoms with Crippen LogP contribution in [0, 0.1) is 46.3 Å². The van der Waals surface area contributed by atoms with Crippen molar-refractivity contribution in [3.63, 3.8) is 0 Å². The van der Waals surface area contributed by atoms with Crippen LogP contribution in [-0.2, 0) is 9.59 Å². The fraction of sp³-hybridized carbons (Fsp3) is 0.917. The number of carboxylic acids is 1. The number of rotatable bonds is 4. The number of fused-ring (bicyclic) bond motifs is 5. The molecule has 4 saturated carbocycles. The predicted octanol–water partition coefficient (Wildman–Crippen LogP) is 5.72. The monoisotopic (exact) mass is 374 g/mol. The molecule has 0 bridgehead atoms. The molecule has 0 heterocycles. The summed E-state index contributed by atoms with van der Waals surface area (Å²) in [5.41, 5.74) is 0.197. The van der Waals surface area contributed by atoms with E-state index in [1.165, 1.54) is 44.9 Å². The van der Waals surface area contributed by atoms with Gasteiger partial charge >= 0.3 is 5.97 Å². The van der Waals surface area contributed by atoms with Crippen LogP contribution in [0.4, 0.5) is 0 Å². The maximum Gasteiger partial charge on any atom is 0.303 e. The van der Waals surface area contributed by atoms with Crippen molar-refractivity contribution in [2.24, 2.45) is 46.3 Å². The van der Waals surface area contributed by atoms with Gasteiger partial charge in [-0.2, -0.15) is 0 Å². The van der Waals surface area contributed by atoms with Crippen molar-refractivity contribution in [3.8, 4) is 0 Å². The van der Waals surface area contributed by atoms with Gasteiger partial charge in [-0.25, -0.2) is 0 Å². The van der Waals surface area contributed by atoms with Gasteiger partial charge in [0, 0.05) is 18.3 Å². The molecule has 1 N–H and O–H groups in total. The quantitative estimate of drug-likeness (QED) is 0.685. The summed E-state index contributed by atoms with van der Waals surface area (Å²) in [5, 5.41) is 9.08. The molecule has 0 aromatic carbocycles. The Balaban J connectivity index is 1.58. The summed E-state index contributed by atoms with van der Waals surface area (Å²) in [6.45, 7) is 6.98. The molecule has 4 aliphatic carbocycles. The SMILES string of the molecule is CC(CCC(=O)O)C1CC[C@H]2C3CCC4CCCC[C@]4(C)C3CC(=O)[C@]12C. The number of ketones is 1. The summed E-state index contributed by atoms with van der Waals surface area (Å²) in [6, 6.07) is 0. The highest BCUT2D eigenvalue weighted by Gasteiger charge is 2.63. The zero-order valence-electron chi connectivity index (χ0n) is 17.5. The summed E-state index contributed by atoms with van der Waals surface area (Å²) in [4.78, 5) is 24.6. The van der Waals surface area contributed by atoms with Crippen LogP contribution in [0.5, 0.6) is 0 Å². The van der Waals surface area contributed by atoms with Gasteiger partial charge in [-0.05, 0) is 85.9 Å². The first kappa shape index (κ1) is 19.5. The minimum absolute atomic E-state index is 0.197. The van der Waals surface area contributed by atoms with Crippen LogP contribution in [0.3, 0.4) is 0 Å². The van der Waals surface area contributed by atoms with Crippen molar-refractivity contribution in [1.82, 2.24) is 0 Å². The van der Waals surface area contributed by atoms with E-state index in [0.29, 0.717) is 41.3 Å². The molecule has 152 valence electrons. The van der Waals surface area contributed by atoms with E-state index in [-0.39, 0.29) is 11.8 Å². The van der Waals surface area contributed by atoms with E-state index in [2.05, 4.69) is 20.8 Å². The van der Waals surface area contributed by atoms with E-state index >= 15 is 0 Å². The lowest BCUT2D eigenvalue weighted by molar-refractivity contribution is -0.157. The average molecular weight is 375 g/mol. The molecule has 3 nitrogen and oxygen atoms in total. The van der Waals surface area contributed by atoms with Crippen molar-refractivity contribution in [3.05, 3.63) is 0 Å². The third kappa shape index (κ3) is 2.90. The second-order valence-electron chi connectivity index (χ2n) is 10.9. The molecule has 8 atom stereocenters. The minimum Gasteiger partial charge on any atom is -0.481 e. The van der Waals surface area contributed by atoms with Gasteiger partial charge < -0.3 is 5.11 Å². The fourth-order valence-electron chi connectivity index (χ4n) is 8.50. The first-order chi connectivity index (χ1) is 12.8. The summed E-state index contributed by atoms with van der Waals surface area (Å²) >= 11 is 0. The van der Waals surface area contributed by atoms with Gasteiger partial charge in [0.05, 0.1) is 0 Å². The van der Waals surface area contributed by atoms with Gasteiger partial charge in [-0.1, -0.05) is 33.6 Å². The Morgan fingerprint density at radius 2 is 1.89 bits per heavy atom. The molecule has 0 aliphatic heterocycles. The third-order valence-electron chi connectivity index (χ3n) is 10.0. The maximum atomic E-state index is 13.6. The van der Waals surface area contributed by atoms with Gasteiger partial charge in [0.2, 0.25) is 0 Å². The zero-order chi connectivity index (χ0) is 19.4. The molecule has 0 amide bonds. The van der Waals surface area contributed by atoms with Crippen LogP contribution in [-0.4, -0.2) is 16.9 Å². The Kier molecular flexibility index (Phi) is 4.96. The summed E-state index contributed by atoms with van der Waals surface area (Å²) in [7, 11) is 0. The van der Waals surface area contributed by atoms with Crippen molar-refractivity contribution in [1.29, 1.82) is 0 Å². The molecule has 5 unspecified atom stereocenters. The van der Waals surface area contributed by atoms with E-state index in [4.69, 9.17) is 5.11 Å². The number of carboxylic acid groups (broad SMARTS) is 1. The Morgan fingerprint density at radius 3 is 2.63 bits per heavy atom. The molecule has 0 saturated heterocycles. The Labute approximate surface area is 164 Å². The molecule has 0 aromatic heterocycles. The second kappa shape index (κ2) is 6.88. The zero-order valence-corrected chi connectivity index (χ0v) is 17.5. The highest BCUT2D eigenvalue weighted by molar-refractivity contribution is 5.87. The summed E-state index contributed by atoms with van der Waals surface area (Å²) in [5.74, 6) is 3.24. The van der Waals surface area contributed by atoms with E-state index < -0.39 is 5.97 Å². The van der Waals surface area contributed by atoms with Gasteiger partial charge in [0.1, 0.15) is 5.78 Å². The molecule has 27 heavy (non-hydrogen) atoms. The minimum atomic E-state index is -0.708. The Hall–Kier alpha value is -0.860. The second-order valence-corrected chi connectivity index (χ2v) is 10.9. The third-order valence-corrected chi connectivity index (χ3v) is 10.0. The van der Waals surface area contributed by atoms with Crippen LogP contribution in [0.2, 0.25) is 0 Å². The Morgan fingerprint density at radius 1 is 1.11 bits per heavy atom. The van der Waals surface area contributed by atoms with E-state index in [1.807, 2.05) is 0 Å². The summed E-state index contributed by atoms with van der Waals surface area (Å²) < 4.78 is 0. The van der Waals surface area contributed by atoms with E-state index in [9.17, 15) is 9.59 Å². The number of Topliss-reactive ketones (excluding diaryl/α,β-unsaturated/α-hetero) is 1. The topological polar surface area (TPSA) is 54.4 Å². The molecule has 4 fully saturated rings. The normalized spacial score (nSPS) is 47.7. The smallest absolute Gasteiger partial charge is 0.303 e. The predicted molar refractivity (Wildman–Crippen MR) is 106 cm³/mol. The highest BCUT2D eigenvalue weighted by Crippen LogP contribution is 2.67. The molecular formula is C24H38O3. The van der Waals surface area contributed by atoms with Gasteiger partial charge in [-0.15, -0.1) is 0 Å². The Bertz CT molecular complexity index is 613. The molecule has 4 aliphatic rings. The molecule has 0 aromatic rings. The fourth-order valence-corrected chi connectivity index (χ4v) is 8.50. The maximum absolute atomic E-state index is 13.6. The largest absolute Gasteiger partial charge is 0.481 e. The lowest BCUT2D eigenvalue weighted by Crippen LogP contribution is -2.56. The number of carbonyl (C=O) groups excluding carboxylic acids is 1. The molecule has 0 radical (unpaired) electrons. The molecule has 3 heteroatoms. The van der Waals surface area contributed by atoms with Crippen molar-refractivity contribution in [2.75, 3.05) is 0 Å². The standard InChI is InChI=1S/C24H38O3/c1-15(7-12-22(26)27)18-10-11-19-17-9-8-16-6-4-5-13-23(16,2)20(17)14-21(25)24(18,19)3/h15-20H,4-14H2,1-3H3,(H,26,27)/t15?,16?,17?,18?,19-,20?,23-,24+/m0/s1. The number of carbonyl (C=O) groups is 2. The van der Waals surface area contributed by atoms with Gasteiger partial charge in [-0.3, -0.25) is 9.59 Å². The number of hydrogen-bond donors (Lipinski definition) is 1. The van der Waals surface area contributed by atoms with E-state index in [0.717, 1.165) is 24.7 Å². The van der Waals surface area contributed by atoms with Crippen LogP contribution >= 0.6 is 0 Å². The van der Waals surface area contributed by atoms with Crippen molar-refractivity contribution in [2.45, 2.75) is 91.4 Å². The van der Waals surface area contributed by atoms with Gasteiger partial charge in [0.15, 0.2) is 0 Å². The number of aliphatic carboxylic acids is 1. The van der Waals surface area contributed by atoms with Gasteiger partial charge in [0.25, 0.3) is 0 Å². The first-order valence-electron chi connectivity index (χ1n) is 11.5. The van der Waals surface area contributed by atoms with E-state index in [1.54, 1.807) is 0 Å². The van der Waals surface area contributed by atoms with Crippen molar-refractivity contribution >= 4 is 11.8 Å².